The highest BCUT2D eigenvalue weighted by atomic mass is 16.6. The third-order valence-corrected chi connectivity index (χ3v) is 3.57. The van der Waals surface area contributed by atoms with Gasteiger partial charge in [-0.3, -0.25) is 4.79 Å². The summed E-state index contributed by atoms with van der Waals surface area (Å²) >= 11 is 0. The molecule has 1 rings (SSSR count). The first-order valence-corrected chi connectivity index (χ1v) is 6.33. The maximum absolute atomic E-state index is 11.4. The van der Waals surface area contributed by atoms with Gasteiger partial charge in [0, 0.05) is 12.5 Å². The molecule has 1 saturated carbocycles. The maximum Gasteiger partial charge on any atom is 0.330 e. The second kappa shape index (κ2) is 5.99. The molecule has 0 aromatic carbocycles. The molecule has 3 heteroatoms. The number of hydrogen-bond acceptors (Lipinski definition) is 3. The van der Waals surface area contributed by atoms with Gasteiger partial charge in [0.2, 0.25) is 0 Å². The van der Waals surface area contributed by atoms with Gasteiger partial charge < -0.3 is 4.74 Å². The molecule has 0 heterocycles. The Balaban J connectivity index is 2.78. The summed E-state index contributed by atoms with van der Waals surface area (Å²) in [6.45, 7) is 6.83. The number of hydrogen-bond donors (Lipinski definition) is 0. The average Bonchev–Trinajstić information content (AvgIpc) is 2.29. The van der Waals surface area contributed by atoms with E-state index in [1.54, 1.807) is 6.92 Å². The number of Topliss-reactive ketones (excluding diaryl/α,β-unsaturated/α-hetero) is 1. The highest BCUT2D eigenvalue weighted by molar-refractivity contribution is 5.82. The molecule has 1 unspecified atom stereocenters. The molecule has 0 N–H and O–H groups in total. The maximum atomic E-state index is 11.4. The van der Waals surface area contributed by atoms with Crippen molar-refractivity contribution in [2.75, 3.05) is 0 Å². The van der Waals surface area contributed by atoms with Gasteiger partial charge in [0.15, 0.2) is 0 Å². The predicted molar refractivity (Wildman–Crippen MR) is 66.6 cm³/mol. The molecule has 96 valence electrons. The standard InChI is InChI=1S/C14H22O3/c1-4-13(16)17-14(3,10-11(2)15)12-8-6-5-7-9-12/h4,12H,1,5-10H2,2-3H3. The van der Waals surface area contributed by atoms with Crippen LogP contribution in [0.25, 0.3) is 0 Å². The first kappa shape index (κ1) is 13.9. The van der Waals surface area contributed by atoms with Crippen molar-refractivity contribution in [1.82, 2.24) is 0 Å². The molecule has 1 aliphatic rings. The van der Waals surface area contributed by atoms with Gasteiger partial charge in [0.1, 0.15) is 11.4 Å². The summed E-state index contributed by atoms with van der Waals surface area (Å²) in [4.78, 5) is 22.8. The van der Waals surface area contributed by atoms with Crippen LogP contribution in [0.15, 0.2) is 12.7 Å². The Morgan fingerprint density at radius 3 is 2.41 bits per heavy atom. The largest absolute Gasteiger partial charge is 0.455 e. The molecule has 0 bridgehead atoms. The fraction of sp³-hybridized carbons (Fsp3) is 0.714. The normalized spacial score (nSPS) is 20.4. The molecule has 0 aromatic rings. The van der Waals surface area contributed by atoms with Crippen molar-refractivity contribution >= 4 is 11.8 Å². The van der Waals surface area contributed by atoms with Crippen LogP contribution >= 0.6 is 0 Å². The second-order valence-electron chi connectivity index (χ2n) is 5.15. The summed E-state index contributed by atoms with van der Waals surface area (Å²) in [6, 6.07) is 0. The Bertz CT molecular complexity index is 303. The lowest BCUT2D eigenvalue weighted by molar-refractivity contribution is -0.161. The molecule has 1 atom stereocenters. The number of ether oxygens (including phenoxy) is 1. The van der Waals surface area contributed by atoms with E-state index >= 15 is 0 Å². The topological polar surface area (TPSA) is 43.4 Å². The van der Waals surface area contributed by atoms with Crippen LogP contribution in [0.5, 0.6) is 0 Å². The summed E-state index contributed by atoms with van der Waals surface area (Å²) in [7, 11) is 0. The monoisotopic (exact) mass is 238 g/mol. The number of esters is 1. The minimum atomic E-state index is -0.655. The van der Waals surface area contributed by atoms with Crippen LogP contribution < -0.4 is 0 Å². The van der Waals surface area contributed by atoms with Crippen LogP contribution in [0.3, 0.4) is 0 Å². The summed E-state index contributed by atoms with van der Waals surface area (Å²) in [5, 5.41) is 0. The molecule has 17 heavy (non-hydrogen) atoms. The van der Waals surface area contributed by atoms with E-state index in [0.717, 1.165) is 25.7 Å². The predicted octanol–water partition coefficient (Wildman–Crippen LogP) is 3.03. The van der Waals surface area contributed by atoms with Crippen molar-refractivity contribution in [2.45, 2.75) is 58.0 Å². The molecule has 0 aliphatic heterocycles. The molecule has 1 aliphatic carbocycles. The van der Waals surface area contributed by atoms with Gasteiger partial charge in [-0.05, 0) is 32.6 Å². The van der Waals surface area contributed by atoms with E-state index in [1.807, 2.05) is 6.92 Å². The van der Waals surface area contributed by atoms with Crippen LogP contribution in [0.2, 0.25) is 0 Å². The lowest BCUT2D eigenvalue weighted by Crippen LogP contribution is -2.42. The van der Waals surface area contributed by atoms with Crippen molar-refractivity contribution in [3.05, 3.63) is 12.7 Å². The highest BCUT2D eigenvalue weighted by Crippen LogP contribution is 2.37. The molecular formula is C14H22O3. The van der Waals surface area contributed by atoms with E-state index in [1.165, 1.54) is 12.5 Å². The Morgan fingerprint density at radius 1 is 1.35 bits per heavy atom. The zero-order valence-electron chi connectivity index (χ0n) is 10.8. The van der Waals surface area contributed by atoms with Crippen molar-refractivity contribution in [2.24, 2.45) is 5.92 Å². The number of carbonyl (C=O) groups excluding carboxylic acids is 2. The lowest BCUT2D eigenvalue weighted by atomic mass is 9.75. The molecule has 3 nitrogen and oxygen atoms in total. The van der Waals surface area contributed by atoms with Gasteiger partial charge >= 0.3 is 5.97 Å². The van der Waals surface area contributed by atoms with Crippen LogP contribution in [-0.4, -0.2) is 17.4 Å². The third kappa shape index (κ3) is 3.99. The Morgan fingerprint density at radius 2 is 1.94 bits per heavy atom. The number of carbonyl (C=O) groups is 2. The fourth-order valence-corrected chi connectivity index (χ4v) is 2.74. The Kier molecular flexibility index (Phi) is 4.91. The molecule has 0 saturated heterocycles. The highest BCUT2D eigenvalue weighted by Gasteiger charge is 2.39. The minimum absolute atomic E-state index is 0.0648. The number of ketones is 1. The SMILES string of the molecule is C=CC(=O)OC(C)(CC(C)=O)C1CCCCC1. The number of rotatable bonds is 5. The van der Waals surface area contributed by atoms with E-state index < -0.39 is 11.6 Å². The van der Waals surface area contributed by atoms with Gasteiger partial charge in [-0.2, -0.15) is 0 Å². The van der Waals surface area contributed by atoms with Crippen LogP contribution in [-0.2, 0) is 14.3 Å². The van der Waals surface area contributed by atoms with Crippen molar-refractivity contribution in [3.63, 3.8) is 0 Å². The van der Waals surface area contributed by atoms with Gasteiger partial charge in [0.25, 0.3) is 0 Å². The van der Waals surface area contributed by atoms with E-state index in [9.17, 15) is 9.59 Å². The summed E-state index contributed by atoms with van der Waals surface area (Å²) in [5.41, 5.74) is -0.655. The van der Waals surface area contributed by atoms with Crippen LogP contribution in [0.4, 0.5) is 0 Å². The first-order chi connectivity index (χ1) is 7.98. The third-order valence-electron chi connectivity index (χ3n) is 3.57. The lowest BCUT2D eigenvalue weighted by Gasteiger charge is -2.38. The van der Waals surface area contributed by atoms with E-state index in [0.29, 0.717) is 12.3 Å². The van der Waals surface area contributed by atoms with Crippen molar-refractivity contribution < 1.29 is 14.3 Å². The van der Waals surface area contributed by atoms with Gasteiger partial charge in [0.05, 0.1) is 0 Å². The van der Waals surface area contributed by atoms with Gasteiger partial charge in [-0.1, -0.05) is 25.8 Å². The average molecular weight is 238 g/mol. The first-order valence-electron chi connectivity index (χ1n) is 6.33. The van der Waals surface area contributed by atoms with Crippen molar-refractivity contribution in [3.8, 4) is 0 Å². The van der Waals surface area contributed by atoms with Crippen LogP contribution in [0.1, 0.15) is 52.4 Å². The quantitative estimate of drug-likeness (QED) is 0.546. The Labute approximate surface area is 103 Å². The molecular weight excluding hydrogens is 216 g/mol. The molecule has 0 spiro atoms. The zero-order chi connectivity index (χ0) is 12.9. The minimum Gasteiger partial charge on any atom is -0.455 e. The molecule has 0 radical (unpaired) electrons. The molecule has 0 amide bonds. The summed E-state index contributed by atoms with van der Waals surface area (Å²) in [5.74, 6) is -0.0710. The van der Waals surface area contributed by atoms with E-state index in [-0.39, 0.29) is 5.78 Å². The molecule has 0 aromatic heterocycles. The van der Waals surface area contributed by atoms with E-state index in [2.05, 4.69) is 6.58 Å². The zero-order valence-corrected chi connectivity index (χ0v) is 10.8. The summed E-state index contributed by atoms with van der Waals surface area (Å²) in [6.07, 6.45) is 7.09. The van der Waals surface area contributed by atoms with E-state index in [4.69, 9.17) is 4.74 Å². The van der Waals surface area contributed by atoms with Gasteiger partial charge in [-0.15, -0.1) is 0 Å². The smallest absolute Gasteiger partial charge is 0.330 e. The van der Waals surface area contributed by atoms with Crippen LogP contribution in [0, 0.1) is 5.92 Å². The Hall–Kier alpha value is -1.12. The summed E-state index contributed by atoms with van der Waals surface area (Å²) < 4.78 is 5.46. The molecule has 1 fully saturated rings. The van der Waals surface area contributed by atoms with Crippen molar-refractivity contribution in [1.29, 1.82) is 0 Å². The second-order valence-corrected chi connectivity index (χ2v) is 5.15. The fourth-order valence-electron chi connectivity index (χ4n) is 2.74. The van der Waals surface area contributed by atoms with Gasteiger partial charge in [-0.25, -0.2) is 4.79 Å².